The minimum absolute atomic E-state index is 0.0186. The molecule has 2 aromatic rings. The van der Waals surface area contributed by atoms with Gasteiger partial charge in [0.15, 0.2) is 0 Å². The predicted molar refractivity (Wildman–Crippen MR) is 93.4 cm³/mol. The lowest BCUT2D eigenvalue weighted by Gasteiger charge is -2.12. The standard InChI is InChI=1S/C18H21NO2S/c1-3-21-17-11-9-16(10-12-17)19-18(20)14(2)22-13-15-7-5-4-6-8-15/h4-12,14H,3,13H2,1-2H3,(H,19,20)/t14-/m0/s1. The van der Waals surface area contributed by atoms with E-state index in [2.05, 4.69) is 17.4 Å². The maximum atomic E-state index is 12.2. The lowest BCUT2D eigenvalue weighted by molar-refractivity contribution is -0.115. The molecule has 1 amide bonds. The predicted octanol–water partition coefficient (Wildman–Crippen LogP) is 4.35. The fourth-order valence-electron chi connectivity index (χ4n) is 1.92. The van der Waals surface area contributed by atoms with Crippen LogP contribution in [-0.2, 0) is 10.5 Å². The van der Waals surface area contributed by atoms with Gasteiger partial charge in [0.05, 0.1) is 11.9 Å². The first kappa shape index (κ1) is 16.4. The van der Waals surface area contributed by atoms with Crippen LogP contribution < -0.4 is 10.1 Å². The Morgan fingerprint density at radius 1 is 1.14 bits per heavy atom. The molecule has 116 valence electrons. The van der Waals surface area contributed by atoms with E-state index >= 15 is 0 Å². The molecule has 22 heavy (non-hydrogen) atoms. The third kappa shape index (κ3) is 5.11. The van der Waals surface area contributed by atoms with E-state index in [1.54, 1.807) is 11.8 Å². The molecule has 1 N–H and O–H groups in total. The highest BCUT2D eigenvalue weighted by atomic mass is 32.2. The van der Waals surface area contributed by atoms with Gasteiger partial charge in [-0.3, -0.25) is 4.79 Å². The zero-order chi connectivity index (χ0) is 15.8. The van der Waals surface area contributed by atoms with Crippen LogP contribution in [0.2, 0.25) is 0 Å². The van der Waals surface area contributed by atoms with Crippen molar-refractivity contribution in [3.8, 4) is 5.75 Å². The molecule has 1 atom stereocenters. The number of ether oxygens (including phenoxy) is 1. The monoisotopic (exact) mass is 315 g/mol. The summed E-state index contributed by atoms with van der Waals surface area (Å²) in [5, 5.41) is 2.83. The molecule has 0 heterocycles. The van der Waals surface area contributed by atoms with Crippen molar-refractivity contribution in [2.75, 3.05) is 11.9 Å². The quantitative estimate of drug-likeness (QED) is 0.825. The number of carbonyl (C=O) groups excluding carboxylic acids is 1. The van der Waals surface area contributed by atoms with Gasteiger partial charge < -0.3 is 10.1 Å². The van der Waals surface area contributed by atoms with Crippen molar-refractivity contribution in [3.63, 3.8) is 0 Å². The molecule has 0 spiro atoms. The Morgan fingerprint density at radius 3 is 2.45 bits per heavy atom. The summed E-state index contributed by atoms with van der Waals surface area (Å²) in [5.41, 5.74) is 2.02. The van der Waals surface area contributed by atoms with Gasteiger partial charge in [-0.2, -0.15) is 0 Å². The van der Waals surface area contributed by atoms with Crippen LogP contribution in [0.25, 0.3) is 0 Å². The molecule has 0 unspecified atom stereocenters. The van der Waals surface area contributed by atoms with Crippen LogP contribution in [0.15, 0.2) is 54.6 Å². The average Bonchev–Trinajstić information content (AvgIpc) is 2.55. The lowest BCUT2D eigenvalue weighted by Crippen LogP contribution is -2.22. The zero-order valence-electron chi connectivity index (χ0n) is 12.9. The van der Waals surface area contributed by atoms with Gasteiger partial charge in [-0.05, 0) is 43.7 Å². The van der Waals surface area contributed by atoms with E-state index in [9.17, 15) is 4.79 Å². The van der Waals surface area contributed by atoms with Crippen molar-refractivity contribution in [2.24, 2.45) is 0 Å². The number of amides is 1. The number of benzene rings is 2. The van der Waals surface area contributed by atoms with Crippen LogP contribution >= 0.6 is 11.8 Å². The molecule has 0 aliphatic heterocycles. The number of hydrogen-bond donors (Lipinski definition) is 1. The van der Waals surface area contributed by atoms with Gasteiger partial charge >= 0.3 is 0 Å². The maximum absolute atomic E-state index is 12.2. The van der Waals surface area contributed by atoms with Crippen LogP contribution in [-0.4, -0.2) is 17.8 Å². The van der Waals surface area contributed by atoms with E-state index < -0.39 is 0 Å². The number of nitrogens with one attached hydrogen (secondary N) is 1. The Balaban J connectivity index is 1.83. The van der Waals surface area contributed by atoms with E-state index in [-0.39, 0.29) is 11.2 Å². The SMILES string of the molecule is CCOc1ccc(NC(=O)[C@H](C)SCc2ccccc2)cc1. The summed E-state index contributed by atoms with van der Waals surface area (Å²) in [5.74, 6) is 1.66. The molecule has 0 aliphatic carbocycles. The normalized spacial score (nSPS) is 11.7. The van der Waals surface area contributed by atoms with Crippen molar-refractivity contribution >= 4 is 23.4 Å². The number of hydrogen-bond acceptors (Lipinski definition) is 3. The highest BCUT2D eigenvalue weighted by Gasteiger charge is 2.13. The molecule has 3 nitrogen and oxygen atoms in total. The number of carbonyl (C=O) groups is 1. The Kier molecular flexibility index (Phi) is 6.34. The number of rotatable bonds is 7. The molecular formula is C18H21NO2S. The van der Waals surface area contributed by atoms with Gasteiger partial charge in [-0.25, -0.2) is 0 Å². The third-order valence-electron chi connectivity index (χ3n) is 3.14. The van der Waals surface area contributed by atoms with Crippen molar-refractivity contribution in [3.05, 3.63) is 60.2 Å². The minimum atomic E-state index is -0.105. The van der Waals surface area contributed by atoms with Gasteiger partial charge in [0, 0.05) is 11.4 Å². The van der Waals surface area contributed by atoms with Crippen LogP contribution in [0.4, 0.5) is 5.69 Å². The first-order valence-electron chi connectivity index (χ1n) is 7.38. The van der Waals surface area contributed by atoms with Crippen LogP contribution in [0.5, 0.6) is 5.75 Å². The van der Waals surface area contributed by atoms with Crippen molar-refractivity contribution in [1.82, 2.24) is 0 Å². The Bertz CT molecular complexity index is 584. The summed E-state index contributed by atoms with van der Waals surface area (Å²) >= 11 is 1.63. The summed E-state index contributed by atoms with van der Waals surface area (Å²) in [4.78, 5) is 12.2. The highest BCUT2D eigenvalue weighted by molar-refractivity contribution is 7.99. The fraction of sp³-hybridized carbons (Fsp3) is 0.278. The van der Waals surface area contributed by atoms with Gasteiger partial charge in [0.25, 0.3) is 0 Å². The molecule has 0 saturated carbocycles. The number of thioether (sulfide) groups is 1. The first-order chi connectivity index (χ1) is 10.7. The summed E-state index contributed by atoms with van der Waals surface area (Å²) in [7, 11) is 0. The van der Waals surface area contributed by atoms with E-state index in [4.69, 9.17) is 4.74 Å². The molecule has 0 bridgehead atoms. The largest absolute Gasteiger partial charge is 0.494 e. The Morgan fingerprint density at radius 2 is 1.82 bits per heavy atom. The second-order valence-corrected chi connectivity index (χ2v) is 6.21. The van der Waals surface area contributed by atoms with Gasteiger partial charge in [-0.1, -0.05) is 30.3 Å². The molecule has 0 fully saturated rings. The molecule has 4 heteroatoms. The van der Waals surface area contributed by atoms with E-state index in [1.165, 1.54) is 5.56 Å². The molecule has 2 aromatic carbocycles. The Hall–Kier alpha value is -1.94. The van der Waals surface area contributed by atoms with E-state index in [0.717, 1.165) is 17.2 Å². The summed E-state index contributed by atoms with van der Waals surface area (Å²) in [6.07, 6.45) is 0. The van der Waals surface area contributed by atoms with Gasteiger partial charge in [-0.15, -0.1) is 11.8 Å². The lowest BCUT2D eigenvalue weighted by atomic mass is 10.2. The summed E-state index contributed by atoms with van der Waals surface area (Å²) in [6, 6.07) is 17.6. The van der Waals surface area contributed by atoms with E-state index in [0.29, 0.717) is 6.61 Å². The molecule has 0 aromatic heterocycles. The smallest absolute Gasteiger partial charge is 0.237 e. The van der Waals surface area contributed by atoms with Gasteiger partial charge in [0.2, 0.25) is 5.91 Å². The Labute approximate surface area is 136 Å². The second kappa shape index (κ2) is 8.49. The molecule has 0 radical (unpaired) electrons. The van der Waals surface area contributed by atoms with Gasteiger partial charge in [0.1, 0.15) is 5.75 Å². The van der Waals surface area contributed by atoms with Crippen molar-refractivity contribution < 1.29 is 9.53 Å². The number of anilines is 1. The first-order valence-corrected chi connectivity index (χ1v) is 8.43. The van der Waals surface area contributed by atoms with Crippen LogP contribution in [0, 0.1) is 0 Å². The summed E-state index contributed by atoms with van der Waals surface area (Å²) < 4.78 is 5.38. The summed E-state index contributed by atoms with van der Waals surface area (Å²) in [6.45, 7) is 4.51. The fourth-order valence-corrected chi connectivity index (χ4v) is 2.76. The van der Waals surface area contributed by atoms with Crippen LogP contribution in [0.3, 0.4) is 0 Å². The van der Waals surface area contributed by atoms with Crippen molar-refractivity contribution in [1.29, 1.82) is 0 Å². The molecule has 0 aliphatic rings. The third-order valence-corrected chi connectivity index (χ3v) is 4.36. The molecular weight excluding hydrogens is 294 g/mol. The van der Waals surface area contributed by atoms with Crippen LogP contribution in [0.1, 0.15) is 19.4 Å². The molecule has 0 saturated heterocycles. The highest BCUT2D eigenvalue weighted by Crippen LogP contribution is 2.20. The zero-order valence-corrected chi connectivity index (χ0v) is 13.7. The van der Waals surface area contributed by atoms with Crippen molar-refractivity contribution in [2.45, 2.75) is 24.9 Å². The van der Waals surface area contributed by atoms with E-state index in [1.807, 2.05) is 56.3 Å². The minimum Gasteiger partial charge on any atom is -0.494 e. The second-order valence-electron chi connectivity index (χ2n) is 4.89. The average molecular weight is 315 g/mol. The maximum Gasteiger partial charge on any atom is 0.237 e. The topological polar surface area (TPSA) is 38.3 Å². The molecule has 2 rings (SSSR count).